The molecule has 1 aliphatic heterocycles. The first-order valence-corrected chi connectivity index (χ1v) is 8.43. The molecule has 0 saturated carbocycles. The summed E-state index contributed by atoms with van der Waals surface area (Å²) in [5, 5.41) is 10.2. The van der Waals surface area contributed by atoms with Crippen molar-refractivity contribution >= 4 is 29.0 Å². The number of carbonyl (C=O) groups excluding carboxylic acids is 1. The van der Waals surface area contributed by atoms with Crippen molar-refractivity contribution in [3.63, 3.8) is 0 Å². The zero-order chi connectivity index (χ0) is 21.5. The fourth-order valence-electron chi connectivity index (χ4n) is 2.58. The molecule has 28 heavy (non-hydrogen) atoms. The Labute approximate surface area is 160 Å². The molecule has 13 heteroatoms. The molecular weight excluding hydrogens is 418 g/mol. The summed E-state index contributed by atoms with van der Waals surface area (Å²) in [5.74, 6) is -1.91. The Balaban J connectivity index is 2.43. The number of aromatic nitrogens is 1. The van der Waals surface area contributed by atoms with Crippen molar-refractivity contribution in [1.29, 1.82) is 0 Å². The van der Waals surface area contributed by atoms with E-state index >= 15 is 0 Å². The average molecular weight is 435 g/mol. The van der Waals surface area contributed by atoms with Crippen molar-refractivity contribution in [3.8, 4) is 0 Å². The van der Waals surface area contributed by atoms with Gasteiger partial charge in [-0.3, -0.25) is 4.79 Å². The standard InChI is InChI=1S/C15H17ClF6N4O2/c1-13(28,15(20,21)22)6-24-12(27)10-9(23)8(16)7(14(17,18)19)11(25-10)26-4-2-3-5-26/h28H,2-6,23H2,1H3,(H,24,27). The third-order valence-corrected chi connectivity index (χ3v) is 4.65. The molecule has 2 rings (SSSR count). The van der Waals surface area contributed by atoms with Crippen LogP contribution in [-0.4, -0.2) is 47.4 Å². The summed E-state index contributed by atoms with van der Waals surface area (Å²) >= 11 is 5.75. The van der Waals surface area contributed by atoms with Crippen molar-refractivity contribution in [2.75, 3.05) is 30.3 Å². The molecule has 0 spiro atoms. The summed E-state index contributed by atoms with van der Waals surface area (Å²) in [6.07, 6.45) is -8.77. The smallest absolute Gasteiger partial charge is 0.396 e. The molecular formula is C15H17ClF6N4O2. The van der Waals surface area contributed by atoms with Crippen LogP contribution in [0.1, 0.15) is 35.8 Å². The van der Waals surface area contributed by atoms with Crippen LogP contribution in [0.3, 0.4) is 0 Å². The maximum absolute atomic E-state index is 13.4. The number of anilines is 2. The van der Waals surface area contributed by atoms with Crippen molar-refractivity contribution < 1.29 is 36.2 Å². The van der Waals surface area contributed by atoms with Gasteiger partial charge in [0.15, 0.2) is 11.3 Å². The van der Waals surface area contributed by atoms with E-state index in [0.717, 1.165) is 0 Å². The van der Waals surface area contributed by atoms with Gasteiger partial charge in [0, 0.05) is 13.1 Å². The largest absolute Gasteiger partial charge is 0.421 e. The highest BCUT2D eigenvalue weighted by Gasteiger charge is 2.50. The second-order valence-electron chi connectivity index (χ2n) is 6.53. The van der Waals surface area contributed by atoms with Gasteiger partial charge in [-0.1, -0.05) is 11.6 Å². The molecule has 0 radical (unpaired) electrons. The van der Waals surface area contributed by atoms with Crippen molar-refractivity contribution in [2.45, 2.75) is 37.7 Å². The van der Waals surface area contributed by atoms with Crippen LogP contribution in [0.25, 0.3) is 0 Å². The lowest BCUT2D eigenvalue weighted by Gasteiger charge is -2.27. The van der Waals surface area contributed by atoms with E-state index < -0.39 is 58.2 Å². The Bertz CT molecular complexity index is 760. The van der Waals surface area contributed by atoms with E-state index in [1.165, 1.54) is 4.90 Å². The van der Waals surface area contributed by atoms with Crippen molar-refractivity contribution in [2.24, 2.45) is 0 Å². The maximum Gasteiger partial charge on any atom is 0.421 e. The summed E-state index contributed by atoms with van der Waals surface area (Å²) in [6, 6.07) is 0. The number of pyridine rings is 1. The van der Waals surface area contributed by atoms with Crippen LogP contribution in [0.4, 0.5) is 37.8 Å². The van der Waals surface area contributed by atoms with Crippen molar-refractivity contribution in [3.05, 3.63) is 16.3 Å². The molecule has 2 heterocycles. The Morgan fingerprint density at radius 3 is 2.25 bits per heavy atom. The number of halogens is 7. The lowest BCUT2D eigenvalue weighted by molar-refractivity contribution is -0.249. The van der Waals surface area contributed by atoms with E-state index in [4.69, 9.17) is 17.3 Å². The van der Waals surface area contributed by atoms with Crippen LogP contribution < -0.4 is 16.0 Å². The number of nitrogens with one attached hydrogen (secondary N) is 1. The molecule has 0 bridgehead atoms. The molecule has 1 aromatic heterocycles. The van der Waals surface area contributed by atoms with E-state index in [-0.39, 0.29) is 13.1 Å². The third kappa shape index (κ3) is 4.37. The van der Waals surface area contributed by atoms with Gasteiger partial charge in [0.2, 0.25) is 0 Å². The van der Waals surface area contributed by atoms with Crippen LogP contribution in [0, 0.1) is 0 Å². The average Bonchev–Trinajstić information content (AvgIpc) is 3.07. The van der Waals surface area contributed by atoms with Crippen LogP contribution in [0.2, 0.25) is 5.02 Å². The highest BCUT2D eigenvalue weighted by molar-refractivity contribution is 6.35. The molecule has 1 atom stereocenters. The van der Waals surface area contributed by atoms with Gasteiger partial charge in [0.05, 0.1) is 17.3 Å². The second-order valence-corrected chi connectivity index (χ2v) is 6.91. The second kappa shape index (κ2) is 7.47. The lowest BCUT2D eigenvalue weighted by atomic mass is 10.1. The molecule has 1 fully saturated rings. The number of nitrogen functional groups attached to an aromatic ring is 1. The Morgan fingerprint density at radius 1 is 1.25 bits per heavy atom. The third-order valence-electron chi connectivity index (χ3n) is 4.26. The molecule has 1 unspecified atom stereocenters. The maximum atomic E-state index is 13.4. The monoisotopic (exact) mass is 434 g/mol. The number of hydrogen-bond acceptors (Lipinski definition) is 5. The summed E-state index contributed by atoms with van der Waals surface area (Å²) in [5.41, 5.74) is -0.627. The number of amides is 1. The van der Waals surface area contributed by atoms with Gasteiger partial charge in [-0.2, -0.15) is 26.3 Å². The fraction of sp³-hybridized carbons (Fsp3) is 0.600. The first-order chi connectivity index (χ1) is 12.7. The predicted molar refractivity (Wildman–Crippen MR) is 89.1 cm³/mol. The zero-order valence-corrected chi connectivity index (χ0v) is 15.3. The number of alkyl halides is 6. The van der Waals surface area contributed by atoms with E-state index in [0.29, 0.717) is 19.8 Å². The van der Waals surface area contributed by atoms with Crippen LogP contribution >= 0.6 is 11.6 Å². The van der Waals surface area contributed by atoms with E-state index in [1.807, 2.05) is 0 Å². The fourth-order valence-corrected chi connectivity index (χ4v) is 2.86. The Morgan fingerprint density at radius 2 is 1.79 bits per heavy atom. The molecule has 1 amide bonds. The molecule has 0 aliphatic carbocycles. The number of nitrogens with zero attached hydrogens (tertiary/aromatic N) is 2. The van der Waals surface area contributed by atoms with Gasteiger partial charge in [-0.25, -0.2) is 4.98 Å². The number of aliphatic hydroxyl groups is 1. The minimum atomic E-state index is -5.04. The Kier molecular flexibility index (Phi) is 5.96. The molecule has 1 aromatic rings. The lowest BCUT2D eigenvalue weighted by Crippen LogP contribution is -2.51. The normalized spacial score (nSPS) is 17.5. The molecule has 1 saturated heterocycles. The van der Waals surface area contributed by atoms with E-state index in [9.17, 15) is 36.2 Å². The van der Waals surface area contributed by atoms with Gasteiger partial charge in [0.25, 0.3) is 5.91 Å². The van der Waals surface area contributed by atoms with Gasteiger partial charge in [0.1, 0.15) is 11.4 Å². The minimum Gasteiger partial charge on any atom is -0.396 e. The van der Waals surface area contributed by atoms with Gasteiger partial charge >= 0.3 is 12.4 Å². The van der Waals surface area contributed by atoms with Crippen molar-refractivity contribution in [1.82, 2.24) is 10.3 Å². The molecule has 0 aromatic carbocycles. The number of rotatable bonds is 4. The molecule has 6 nitrogen and oxygen atoms in total. The Hall–Kier alpha value is -1.95. The topological polar surface area (TPSA) is 91.5 Å². The van der Waals surface area contributed by atoms with Gasteiger partial charge in [-0.15, -0.1) is 0 Å². The summed E-state index contributed by atoms with van der Waals surface area (Å²) in [4.78, 5) is 17.2. The molecule has 158 valence electrons. The molecule has 1 aliphatic rings. The highest BCUT2D eigenvalue weighted by atomic mass is 35.5. The first kappa shape index (κ1) is 22.3. The van der Waals surface area contributed by atoms with E-state index in [2.05, 4.69) is 4.98 Å². The number of carbonyl (C=O) groups is 1. The highest BCUT2D eigenvalue weighted by Crippen LogP contribution is 2.44. The quantitative estimate of drug-likeness (QED) is 0.634. The zero-order valence-electron chi connectivity index (χ0n) is 14.5. The number of nitrogens with two attached hydrogens (primary N) is 1. The summed E-state index contributed by atoms with van der Waals surface area (Å²) in [7, 11) is 0. The van der Waals surface area contributed by atoms with Crippen LogP contribution in [0.5, 0.6) is 0 Å². The predicted octanol–water partition coefficient (Wildman–Crippen LogP) is 2.98. The number of hydrogen-bond donors (Lipinski definition) is 3. The van der Waals surface area contributed by atoms with Crippen LogP contribution in [-0.2, 0) is 6.18 Å². The minimum absolute atomic E-state index is 0.236. The molecule has 4 N–H and O–H groups in total. The SMILES string of the molecule is CC(O)(CNC(=O)c1nc(N2CCCC2)c(C(F)(F)F)c(Cl)c1N)C(F)(F)F. The summed E-state index contributed by atoms with van der Waals surface area (Å²) in [6.45, 7) is -0.353. The first-order valence-electron chi connectivity index (χ1n) is 8.05. The summed E-state index contributed by atoms with van der Waals surface area (Å²) < 4.78 is 78.4. The van der Waals surface area contributed by atoms with Crippen LogP contribution in [0.15, 0.2) is 0 Å². The van der Waals surface area contributed by atoms with Gasteiger partial charge < -0.3 is 21.1 Å². The van der Waals surface area contributed by atoms with Gasteiger partial charge in [-0.05, 0) is 19.8 Å². The van der Waals surface area contributed by atoms with E-state index in [1.54, 1.807) is 5.32 Å².